The molecule has 1 fully saturated rings. The van der Waals surface area contributed by atoms with Crippen LogP contribution < -0.4 is 10.1 Å². The fourth-order valence-corrected chi connectivity index (χ4v) is 7.33. The standard InChI is InChI=1S/C39H45F2N5O4/c1-25-34(32-24-48-22-20-46(32)43-25)35-31(41)13-12-30-29(8-6-21-49-33-9-5-7-26-23-27(40)10-11-28(26)33)37(38(47)50-39(2,3)4)45(36(30)35)19-18-44-16-14-42-15-17-44/h5,7,9-13,23,42H,6,8,14-22,24H2,1-4H3. The van der Waals surface area contributed by atoms with E-state index in [0.29, 0.717) is 80.4 Å². The lowest BCUT2D eigenvalue weighted by atomic mass is 9.97. The van der Waals surface area contributed by atoms with Crippen LogP contribution in [-0.4, -0.2) is 76.8 Å². The number of rotatable bonds is 10. The second-order valence-corrected chi connectivity index (χ2v) is 14.1. The fourth-order valence-electron chi connectivity index (χ4n) is 7.33. The molecule has 2 aliphatic heterocycles. The van der Waals surface area contributed by atoms with Crippen LogP contribution >= 0.6 is 0 Å². The lowest BCUT2D eigenvalue weighted by Crippen LogP contribution is -2.44. The number of ether oxygens (including phenoxy) is 3. The molecule has 7 rings (SSSR count). The van der Waals surface area contributed by atoms with Crippen LogP contribution in [0.25, 0.3) is 32.8 Å². The second kappa shape index (κ2) is 14.1. The van der Waals surface area contributed by atoms with Crippen LogP contribution in [0.2, 0.25) is 0 Å². The van der Waals surface area contributed by atoms with Gasteiger partial charge in [-0.1, -0.05) is 12.1 Å². The van der Waals surface area contributed by atoms with E-state index < -0.39 is 11.6 Å². The van der Waals surface area contributed by atoms with Gasteiger partial charge in [-0.2, -0.15) is 5.10 Å². The topological polar surface area (TPSA) is 82.8 Å². The van der Waals surface area contributed by atoms with Crippen molar-refractivity contribution >= 4 is 27.6 Å². The summed E-state index contributed by atoms with van der Waals surface area (Å²) in [6, 6.07) is 13.5. The first-order valence-corrected chi connectivity index (χ1v) is 17.5. The Morgan fingerprint density at radius 3 is 2.60 bits per heavy atom. The molecule has 5 aromatic rings. The maximum absolute atomic E-state index is 16.4. The highest BCUT2D eigenvalue weighted by Gasteiger charge is 2.32. The number of hydrogen-bond acceptors (Lipinski definition) is 7. The van der Waals surface area contributed by atoms with Gasteiger partial charge in [0.2, 0.25) is 0 Å². The molecule has 0 unspecified atom stereocenters. The lowest BCUT2D eigenvalue weighted by molar-refractivity contribution is 0.00561. The number of carbonyl (C=O) groups is 1. The third-order valence-electron chi connectivity index (χ3n) is 9.52. The van der Waals surface area contributed by atoms with Crippen molar-refractivity contribution in [3.05, 3.63) is 82.8 Å². The molecule has 0 radical (unpaired) electrons. The summed E-state index contributed by atoms with van der Waals surface area (Å²) in [5, 5.41) is 10.6. The van der Waals surface area contributed by atoms with E-state index in [4.69, 9.17) is 19.3 Å². The zero-order chi connectivity index (χ0) is 35.0. The third kappa shape index (κ3) is 6.86. The molecular weight excluding hydrogens is 640 g/mol. The molecule has 0 atom stereocenters. The Balaban J connectivity index is 1.33. The Hall–Kier alpha value is -4.32. The number of aromatic nitrogens is 3. The van der Waals surface area contributed by atoms with Crippen LogP contribution in [0.15, 0.2) is 48.5 Å². The van der Waals surface area contributed by atoms with Crippen molar-refractivity contribution < 1.29 is 27.8 Å². The van der Waals surface area contributed by atoms with Crippen molar-refractivity contribution in [2.45, 2.75) is 65.8 Å². The number of piperazine rings is 1. The van der Waals surface area contributed by atoms with Crippen LogP contribution in [0.1, 0.15) is 54.6 Å². The number of aryl methyl sites for hydroxylation is 2. The van der Waals surface area contributed by atoms with Crippen molar-refractivity contribution in [3.63, 3.8) is 0 Å². The molecule has 0 saturated carbocycles. The van der Waals surface area contributed by atoms with E-state index in [1.165, 1.54) is 18.2 Å². The van der Waals surface area contributed by atoms with Gasteiger partial charge in [0.05, 0.1) is 43.3 Å². The first kappa shape index (κ1) is 34.1. The molecule has 50 heavy (non-hydrogen) atoms. The normalized spacial score (nSPS) is 15.5. The number of benzene rings is 3. The second-order valence-electron chi connectivity index (χ2n) is 14.1. The van der Waals surface area contributed by atoms with Gasteiger partial charge in [0.15, 0.2) is 0 Å². The Bertz CT molecular complexity index is 2040. The molecule has 0 aliphatic carbocycles. The van der Waals surface area contributed by atoms with Gasteiger partial charge in [-0.15, -0.1) is 0 Å². The molecule has 1 N–H and O–H groups in total. The minimum absolute atomic E-state index is 0.298. The summed E-state index contributed by atoms with van der Waals surface area (Å²) in [5.74, 6) is -0.445. The highest BCUT2D eigenvalue weighted by atomic mass is 19.1. The molecule has 2 aromatic heterocycles. The summed E-state index contributed by atoms with van der Waals surface area (Å²) >= 11 is 0. The predicted octanol–water partition coefficient (Wildman–Crippen LogP) is 6.65. The van der Waals surface area contributed by atoms with Gasteiger partial charge >= 0.3 is 5.97 Å². The number of fused-ring (bicyclic) bond motifs is 3. The maximum Gasteiger partial charge on any atom is 0.355 e. The molecular formula is C39H45F2N5O4. The number of hydrogen-bond donors (Lipinski definition) is 1. The Labute approximate surface area is 291 Å². The summed E-state index contributed by atoms with van der Waals surface area (Å²) in [6.45, 7) is 14.0. The highest BCUT2D eigenvalue weighted by Crippen LogP contribution is 2.41. The zero-order valence-corrected chi connectivity index (χ0v) is 29.3. The summed E-state index contributed by atoms with van der Waals surface area (Å²) in [5.41, 5.74) is 3.86. The van der Waals surface area contributed by atoms with Crippen LogP contribution in [-0.2, 0) is 35.6 Å². The molecule has 4 heterocycles. The zero-order valence-electron chi connectivity index (χ0n) is 29.3. The SMILES string of the molecule is Cc1nn2c(c1-c1c(F)ccc3c(CCCOc4cccc5cc(F)ccc45)c(C(=O)OC(C)(C)C)n(CCN4CCNCC4)c13)COCC2. The number of nitrogens with one attached hydrogen (secondary N) is 1. The van der Waals surface area contributed by atoms with E-state index >= 15 is 4.39 Å². The predicted molar refractivity (Wildman–Crippen MR) is 190 cm³/mol. The van der Waals surface area contributed by atoms with Crippen molar-refractivity contribution in [1.82, 2.24) is 24.6 Å². The minimum Gasteiger partial charge on any atom is -0.493 e. The van der Waals surface area contributed by atoms with Gasteiger partial charge in [-0.05, 0) is 87.9 Å². The molecule has 9 nitrogen and oxygen atoms in total. The lowest BCUT2D eigenvalue weighted by Gasteiger charge is -2.28. The van der Waals surface area contributed by atoms with E-state index in [2.05, 4.69) is 10.2 Å². The first-order valence-electron chi connectivity index (χ1n) is 17.5. The molecule has 1 saturated heterocycles. The maximum atomic E-state index is 16.4. The fraction of sp³-hybridized carbons (Fsp3) is 0.436. The number of carbonyl (C=O) groups excluding carboxylic acids is 1. The van der Waals surface area contributed by atoms with Gasteiger partial charge in [0, 0.05) is 61.2 Å². The van der Waals surface area contributed by atoms with Crippen LogP contribution in [0.5, 0.6) is 5.75 Å². The largest absolute Gasteiger partial charge is 0.493 e. The number of halogens is 2. The molecule has 0 bridgehead atoms. The van der Waals surface area contributed by atoms with Gasteiger partial charge in [-0.3, -0.25) is 9.58 Å². The van der Waals surface area contributed by atoms with Crippen LogP contribution in [0.4, 0.5) is 8.78 Å². The molecule has 3 aromatic carbocycles. The van der Waals surface area contributed by atoms with Crippen LogP contribution in [0, 0.1) is 18.6 Å². The van der Waals surface area contributed by atoms with Gasteiger partial charge < -0.3 is 24.1 Å². The van der Waals surface area contributed by atoms with Crippen LogP contribution in [0.3, 0.4) is 0 Å². The Morgan fingerprint density at radius 2 is 1.80 bits per heavy atom. The molecule has 0 amide bonds. The Kier molecular flexibility index (Phi) is 9.65. The van der Waals surface area contributed by atoms with Crippen molar-refractivity contribution in [2.75, 3.05) is 45.9 Å². The molecule has 264 valence electrons. The third-order valence-corrected chi connectivity index (χ3v) is 9.52. The average molecular weight is 686 g/mol. The van der Waals surface area contributed by atoms with Crippen molar-refractivity contribution in [2.24, 2.45) is 0 Å². The molecule has 0 spiro atoms. The molecule has 11 heteroatoms. The van der Waals surface area contributed by atoms with Gasteiger partial charge in [0.25, 0.3) is 0 Å². The number of esters is 1. The summed E-state index contributed by atoms with van der Waals surface area (Å²) in [7, 11) is 0. The van der Waals surface area contributed by atoms with E-state index in [1.54, 1.807) is 12.1 Å². The van der Waals surface area contributed by atoms with E-state index in [9.17, 15) is 9.18 Å². The highest BCUT2D eigenvalue weighted by molar-refractivity contribution is 6.05. The smallest absolute Gasteiger partial charge is 0.355 e. The van der Waals surface area contributed by atoms with Gasteiger partial charge in [-0.25, -0.2) is 13.6 Å². The first-order chi connectivity index (χ1) is 24.1. The summed E-state index contributed by atoms with van der Waals surface area (Å²) in [6.07, 6.45) is 1.07. The monoisotopic (exact) mass is 685 g/mol. The van der Waals surface area contributed by atoms with E-state index in [-0.39, 0.29) is 11.6 Å². The minimum atomic E-state index is -0.738. The average Bonchev–Trinajstić information content (AvgIpc) is 3.58. The summed E-state index contributed by atoms with van der Waals surface area (Å²) in [4.78, 5) is 16.6. The van der Waals surface area contributed by atoms with Gasteiger partial charge in [0.1, 0.15) is 28.7 Å². The van der Waals surface area contributed by atoms with Crippen molar-refractivity contribution in [1.29, 1.82) is 0 Å². The quantitative estimate of drug-likeness (QED) is 0.130. The molecule has 2 aliphatic rings. The van der Waals surface area contributed by atoms with E-state index in [0.717, 1.165) is 59.3 Å². The van der Waals surface area contributed by atoms with Crippen molar-refractivity contribution in [3.8, 4) is 16.9 Å². The summed E-state index contributed by atoms with van der Waals surface area (Å²) < 4.78 is 52.3. The van der Waals surface area contributed by atoms with E-state index in [1.807, 2.05) is 55.1 Å². The number of nitrogens with zero attached hydrogens (tertiary/aromatic N) is 4. The Morgan fingerprint density at radius 1 is 1.00 bits per heavy atom.